The lowest BCUT2D eigenvalue weighted by Crippen LogP contribution is -2.37. The largest absolute Gasteiger partial charge is 0.382 e. The van der Waals surface area contributed by atoms with Gasteiger partial charge in [-0.2, -0.15) is 16.4 Å². The maximum atomic E-state index is 4.09. The number of aromatic nitrogens is 2. The van der Waals surface area contributed by atoms with Crippen molar-refractivity contribution in [3.63, 3.8) is 0 Å². The van der Waals surface area contributed by atoms with Crippen molar-refractivity contribution in [2.24, 2.45) is 0 Å². The number of hydrogen-bond donors (Lipinski definition) is 3. The predicted molar refractivity (Wildman–Crippen MR) is 102 cm³/mol. The van der Waals surface area contributed by atoms with Gasteiger partial charge < -0.3 is 10.6 Å². The van der Waals surface area contributed by atoms with E-state index in [4.69, 9.17) is 0 Å². The van der Waals surface area contributed by atoms with Crippen LogP contribution in [0.2, 0.25) is 0 Å². The van der Waals surface area contributed by atoms with Gasteiger partial charge in [0.05, 0.1) is 11.7 Å². The Morgan fingerprint density at radius 1 is 1.12 bits per heavy atom. The van der Waals surface area contributed by atoms with Crippen LogP contribution < -0.4 is 10.6 Å². The lowest BCUT2D eigenvalue weighted by molar-refractivity contribution is 0.356. The highest BCUT2D eigenvalue weighted by atomic mass is 32.1. The Hall–Kier alpha value is -1.85. The second kappa shape index (κ2) is 7.36. The molecule has 0 amide bonds. The van der Waals surface area contributed by atoms with E-state index in [2.05, 4.69) is 55.9 Å². The topological polar surface area (TPSA) is 52.7 Å². The van der Waals surface area contributed by atoms with E-state index in [9.17, 15) is 0 Å². The fourth-order valence-electron chi connectivity index (χ4n) is 3.57. The molecule has 1 saturated carbocycles. The Morgan fingerprint density at radius 3 is 2.83 bits per heavy atom. The quantitative estimate of drug-likeness (QED) is 0.631. The van der Waals surface area contributed by atoms with Gasteiger partial charge in [-0.15, -0.1) is 0 Å². The molecule has 0 atom stereocenters. The van der Waals surface area contributed by atoms with Crippen molar-refractivity contribution in [1.82, 2.24) is 15.5 Å². The number of nitrogens with one attached hydrogen (secondary N) is 3. The summed E-state index contributed by atoms with van der Waals surface area (Å²) in [5.41, 5.74) is 3.76. The molecular weight excluding hydrogens is 316 g/mol. The molecule has 1 fully saturated rings. The van der Waals surface area contributed by atoms with Crippen LogP contribution in [0.3, 0.4) is 0 Å². The highest BCUT2D eigenvalue weighted by molar-refractivity contribution is 7.07. The smallest absolute Gasteiger partial charge is 0.0651 e. The minimum absolute atomic E-state index is 0.587. The maximum absolute atomic E-state index is 4.09. The Labute approximate surface area is 146 Å². The van der Waals surface area contributed by atoms with Crippen LogP contribution in [-0.2, 0) is 6.42 Å². The fraction of sp³-hybridized carbons (Fsp3) is 0.421. The number of fused-ring (bicyclic) bond motifs is 1. The molecule has 1 aliphatic carbocycles. The Balaban J connectivity index is 1.22. The SMILES string of the molecule is c1cc(CCN[C@H]2CC[C@H](Nc3ccc4[nH]ncc4c3)CC2)cs1. The maximum Gasteiger partial charge on any atom is 0.0651 e. The minimum Gasteiger partial charge on any atom is -0.382 e. The third-order valence-electron chi connectivity index (χ3n) is 4.96. The van der Waals surface area contributed by atoms with Crippen LogP contribution in [0.1, 0.15) is 31.2 Å². The predicted octanol–water partition coefficient (Wildman–Crippen LogP) is 4.18. The van der Waals surface area contributed by atoms with Crippen molar-refractivity contribution in [2.45, 2.75) is 44.2 Å². The number of aromatic amines is 1. The third-order valence-corrected chi connectivity index (χ3v) is 5.70. The van der Waals surface area contributed by atoms with Crippen molar-refractivity contribution in [1.29, 1.82) is 0 Å². The summed E-state index contributed by atoms with van der Waals surface area (Å²) in [6, 6.07) is 9.92. The number of anilines is 1. The summed E-state index contributed by atoms with van der Waals surface area (Å²) in [4.78, 5) is 0. The Kier molecular flexibility index (Phi) is 4.81. The first kappa shape index (κ1) is 15.7. The van der Waals surface area contributed by atoms with Gasteiger partial charge in [-0.3, -0.25) is 5.10 Å². The van der Waals surface area contributed by atoms with Gasteiger partial charge in [0, 0.05) is 23.2 Å². The van der Waals surface area contributed by atoms with Crippen LogP contribution in [-0.4, -0.2) is 28.8 Å². The number of hydrogen-bond acceptors (Lipinski definition) is 4. The minimum atomic E-state index is 0.587. The number of thiophene rings is 1. The normalized spacial score (nSPS) is 21.2. The molecule has 0 spiro atoms. The van der Waals surface area contributed by atoms with Crippen LogP contribution in [0.15, 0.2) is 41.2 Å². The summed E-state index contributed by atoms with van der Waals surface area (Å²) in [7, 11) is 0. The zero-order valence-electron chi connectivity index (χ0n) is 13.8. The first-order chi connectivity index (χ1) is 11.9. The van der Waals surface area contributed by atoms with E-state index < -0.39 is 0 Å². The standard InChI is InChI=1S/C19H24N4S/c1-3-17(22-18-5-6-19-15(11-18)12-21-23-19)4-2-16(1)20-9-7-14-8-10-24-13-14/h5-6,8,10-13,16-17,20,22H,1-4,7,9H2,(H,21,23)/t16-,17-. The molecule has 1 aliphatic rings. The molecule has 4 rings (SSSR count). The summed E-state index contributed by atoms with van der Waals surface area (Å²) < 4.78 is 0. The van der Waals surface area contributed by atoms with Gasteiger partial charge in [0.2, 0.25) is 0 Å². The van der Waals surface area contributed by atoms with Crippen molar-refractivity contribution < 1.29 is 0 Å². The molecule has 0 bridgehead atoms. The van der Waals surface area contributed by atoms with Crippen molar-refractivity contribution in [3.05, 3.63) is 46.8 Å². The summed E-state index contributed by atoms with van der Waals surface area (Å²) in [5.74, 6) is 0. The monoisotopic (exact) mass is 340 g/mol. The summed E-state index contributed by atoms with van der Waals surface area (Å²) in [5, 5.41) is 20.1. The van der Waals surface area contributed by atoms with E-state index in [1.54, 1.807) is 11.3 Å². The van der Waals surface area contributed by atoms with E-state index in [-0.39, 0.29) is 0 Å². The fourth-order valence-corrected chi connectivity index (χ4v) is 4.27. The second-order valence-corrected chi connectivity index (χ2v) is 7.48. The van der Waals surface area contributed by atoms with Gasteiger partial charge in [0.15, 0.2) is 0 Å². The molecular formula is C19H24N4S. The molecule has 1 aromatic carbocycles. The number of rotatable bonds is 6. The van der Waals surface area contributed by atoms with E-state index in [1.165, 1.54) is 42.3 Å². The zero-order chi connectivity index (χ0) is 16.2. The van der Waals surface area contributed by atoms with E-state index in [0.717, 1.165) is 18.5 Å². The van der Waals surface area contributed by atoms with Crippen LogP contribution in [0, 0.1) is 0 Å². The van der Waals surface area contributed by atoms with E-state index >= 15 is 0 Å². The van der Waals surface area contributed by atoms with E-state index in [0.29, 0.717) is 12.1 Å². The lowest BCUT2D eigenvalue weighted by atomic mass is 9.91. The number of benzene rings is 1. The van der Waals surface area contributed by atoms with E-state index in [1.807, 2.05) is 6.20 Å². The van der Waals surface area contributed by atoms with Crippen LogP contribution in [0.5, 0.6) is 0 Å². The molecule has 0 saturated heterocycles. The zero-order valence-corrected chi connectivity index (χ0v) is 14.6. The molecule has 3 N–H and O–H groups in total. The van der Waals surface area contributed by atoms with Crippen LogP contribution in [0.25, 0.3) is 10.9 Å². The molecule has 24 heavy (non-hydrogen) atoms. The lowest BCUT2D eigenvalue weighted by Gasteiger charge is -2.30. The van der Waals surface area contributed by atoms with Crippen LogP contribution >= 0.6 is 11.3 Å². The molecule has 2 heterocycles. The molecule has 5 heteroatoms. The van der Waals surface area contributed by atoms with Gasteiger partial charge in [-0.25, -0.2) is 0 Å². The van der Waals surface area contributed by atoms with Gasteiger partial charge in [0.25, 0.3) is 0 Å². The molecule has 126 valence electrons. The highest BCUT2D eigenvalue weighted by Crippen LogP contribution is 2.24. The van der Waals surface area contributed by atoms with Gasteiger partial charge in [0.1, 0.15) is 0 Å². The molecule has 3 aromatic rings. The molecule has 4 nitrogen and oxygen atoms in total. The summed E-state index contributed by atoms with van der Waals surface area (Å²) in [6.07, 6.45) is 8.02. The average Bonchev–Trinajstić information content (AvgIpc) is 3.27. The van der Waals surface area contributed by atoms with Gasteiger partial charge >= 0.3 is 0 Å². The van der Waals surface area contributed by atoms with Gasteiger partial charge in [-0.05, 0) is 79.2 Å². The second-order valence-electron chi connectivity index (χ2n) is 6.70. The first-order valence-electron chi connectivity index (χ1n) is 8.81. The number of H-pyrrole nitrogens is 1. The van der Waals surface area contributed by atoms with Crippen molar-refractivity contribution >= 4 is 27.9 Å². The number of nitrogens with zero attached hydrogens (tertiary/aromatic N) is 1. The Morgan fingerprint density at radius 2 is 2.00 bits per heavy atom. The van der Waals surface area contributed by atoms with Gasteiger partial charge in [-0.1, -0.05) is 0 Å². The average molecular weight is 340 g/mol. The van der Waals surface area contributed by atoms with Crippen molar-refractivity contribution in [3.8, 4) is 0 Å². The third kappa shape index (κ3) is 3.79. The molecule has 2 aromatic heterocycles. The summed E-state index contributed by atoms with van der Waals surface area (Å²) in [6.45, 7) is 1.09. The molecule has 0 aliphatic heterocycles. The molecule has 0 unspecified atom stereocenters. The van der Waals surface area contributed by atoms with Crippen LogP contribution in [0.4, 0.5) is 5.69 Å². The van der Waals surface area contributed by atoms with Crippen molar-refractivity contribution in [2.75, 3.05) is 11.9 Å². The Bertz CT molecular complexity index is 757. The highest BCUT2D eigenvalue weighted by Gasteiger charge is 2.20. The molecule has 0 radical (unpaired) electrons. The first-order valence-corrected chi connectivity index (χ1v) is 9.75. The summed E-state index contributed by atoms with van der Waals surface area (Å²) >= 11 is 1.79.